The molecule has 7 heteroatoms. The van der Waals surface area contributed by atoms with E-state index in [2.05, 4.69) is 55.3 Å². The van der Waals surface area contributed by atoms with Crippen LogP contribution in [0, 0.1) is 0 Å². The van der Waals surface area contributed by atoms with Crippen LogP contribution in [-0.2, 0) is 10.2 Å². The second kappa shape index (κ2) is 7.76. The van der Waals surface area contributed by atoms with Crippen molar-refractivity contribution < 1.29 is 9.21 Å². The predicted molar refractivity (Wildman–Crippen MR) is 134 cm³/mol. The van der Waals surface area contributed by atoms with E-state index in [0.29, 0.717) is 20.8 Å². The van der Waals surface area contributed by atoms with E-state index < -0.39 is 0 Å². The summed E-state index contributed by atoms with van der Waals surface area (Å²) in [5, 5.41) is 2.63. The van der Waals surface area contributed by atoms with Gasteiger partial charge in [0.2, 0.25) is 0 Å². The van der Waals surface area contributed by atoms with Gasteiger partial charge in [-0.1, -0.05) is 75.1 Å². The van der Waals surface area contributed by atoms with Gasteiger partial charge in [0, 0.05) is 5.56 Å². The molecule has 0 radical (unpaired) electrons. The topological polar surface area (TPSA) is 70.9 Å². The Hall–Kier alpha value is -3.16. The van der Waals surface area contributed by atoms with Gasteiger partial charge in [0.05, 0.1) is 15.9 Å². The molecule has 160 valence electrons. The van der Waals surface area contributed by atoms with Crippen molar-refractivity contribution >= 4 is 51.3 Å². The normalized spacial score (nSPS) is 15.7. The molecule has 0 bridgehead atoms. The fourth-order valence-electron chi connectivity index (χ4n) is 3.56. The number of furan rings is 1. The number of fused-ring (bicyclic) bond motifs is 1. The maximum atomic E-state index is 11.9. The number of amides is 1. The minimum Gasteiger partial charge on any atom is -0.453 e. The smallest absolute Gasteiger partial charge is 0.263 e. The quantitative estimate of drug-likeness (QED) is 0.279. The van der Waals surface area contributed by atoms with Gasteiger partial charge in [-0.05, 0) is 46.9 Å². The molecule has 5 nitrogen and oxygen atoms in total. The average Bonchev–Trinajstić information content (AvgIpc) is 3.46. The summed E-state index contributed by atoms with van der Waals surface area (Å²) < 4.78 is 6.58. The van der Waals surface area contributed by atoms with Gasteiger partial charge in [-0.15, -0.1) is 0 Å². The highest BCUT2D eigenvalue weighted by atomic mass is 32.2. The standard InChI is InChI=1S/C25H21N3O2S2/c1-25(2,3)16-7-5-15(6-8-16)19-10-11-20(30-19)22-26-17-9-4-14(12-18(17)27-22)13-21-23(29)28-24(31)32-21/h4-13H,1-3H3,(H,26,27)(H,28,29,31)/b21-13+. The number of hydrogen-bond acceptors (Lipinski definition) is 5. The van der Waals surface area contributed by atoms with Crippen LogP contribution in [0.2, 0.25) is 0 Å². The Morgan fingerprint density at radius 1 is 1.03 bits per heavy atom. The number of thioether (sulfide) groups is 1. The van der Waals surface area contributed by atoms with Crippen LogP contribution in [0.4, 0.5) is 0 Å². The van der Waals surface area contributed by atoms with E-state index in [1.54, 1.807) is 0 Å². The van der Waals surface area contributed by atoms with Gasteiger partial charge >= 0.3 is 0 Å². The number of benzene rings is 2. The Labute approximate surface area is 195 Å². The number of imidazole rings is 1. The number of H-pyrrole nitrogens is 1. The molecule has 4 aromatic rings. The molecule has 5 rings (SSSR count). The van der Waals surface area contributed by atoms with Crippen LogP contribution in [0.1, 0.15) is 31.9 Å². The molecule has 0 spiro atoms. The number of hydrogen-bond donors (Lipinski definition) is 2. The fourth-order valence-corrected chi connectivity index (χ4v) is 4.60. The largest absolute Gasteiger partial charge is 0.453 e. The number of carbonyl (C=O) groups is 1. The third kappa shape index (κ3) is 4.01. The van der Waals surface area contributed by atoms with Crippen molar-refractivity contribution in [2.75, 3.05) is 0 Å². The number of thiocarbonyl (C=S) groups is 1. The summed E-state index contributed by atoms with van der Waals surface area (Å²) in [5.41, 5.74) is 5.01. The lowest BCUT2D eigenvalue weighted by Crippen LogP contribution is -2.17. The Morgan fingerprint density at radius 2 is 1.78 bits per heavy atom. The molecular weight excluding hydrogens is 438 g/mol. The molecule has 0 atom stereocenters. The van der Waals surface area contributed by atoms with Crippen LogP contribution in [-0.4, -0.2) is 20.2 Å². The molecule has 1 amide bonds. The molecule has 0 aliphatic carbocycles. The second-order valence-corrected chi connectivity index (χ2v) is 10.4. The fraction of sp³-hybridized carbons (Fsp3) is 0.160. The first-order chi connectivity index (χ1) is 15.3. The third-order valence-electron chi connectivity index (χ3n) is 5.32. The van der Waals surface area contributed by atoms with Crippen LogP contribution < -0.4 is 5.32 Å². The first-order valence-corrected chi connectivity index (χ1v) is 11.4. The monoisotopic (exact) mass is 459 g/mol. The number of rotatable bonds is 3. The lowest BCUT2D eigenvalue weighted by atomic mass is 9.86. The van der Waals surface area contributed by atoms with Crippen LogP contribution in [0.15, 0.2) is 63.9 Å². The van der Waals surface area contributed by atoms with E-state index in [1.807, 2.05) is 36.4 Å². The Balaban J connectivity index is 1.42. The van der Waals surface area contributed by atoms with Crippen molar-refractivity contribution in [1.29, 1.82) is 0 Å². The van der Waals surface area contributed by atoms with Crippen LogP contribution >= 0.6 is 24.0 Å². The number of aromatic nitrogens is 2. The zero-order chi connectivity index (χ0) is 22.5. The highest BCUT2D eigenvalue weighted by molar-refractivity contribution is 8.26. The molecular formula is C25H21N3O2S2. The summed E-state index contributed by atoms with van der Waals surface area (Å²) in [6, 6.07) is 18.2. The summed E-state index contributed by atoms with van der Waals surface area (Å²) in [6.07, 6.45) is 1.82. The minimum absolute atomic E-state index is 0.113. The second-order valence-electron chi connectivity index (χ2n) is 8.71. The Kier molecular flexibility index (Phi) is 5.03. The molecule has 32 heavy (non-hydrogen) atoms. The predicted octanol–water partition coefficient (Wildman–Crippen LogP) is 6.28. The van der Waals surface area contributed by atoms with Gasteiger partial charge in [-0.3, -0.25) is 4.79 Å². The Bertz CT molecular complexity index is 1390. The van der Waals surface area contributed by atoms with Crippen molar-refractivity contribution in [2.24, 2.45) is 0 Å². The van der Waals surface area contributed by atoms with Crippen molar-refractivity contribution in [3.05, 3.63) is 70.6 Å². The molecule has 2 N–H and O–H groups in total. The van der Waals surface area contributed by atoms with Gasteiger partial charge < -0.3 is 14.7 Å². The maximum absolute atomic E-state index is 11.9. The van der Waals surface area contributed by atoms with Crippen molar-refractivity contribution in [3.8, 4) is 22.9 Å². The third-order valence-corrected chi connectivity index (χ3v) is 6.48. The summed E-state index contributed by atoms with van der Waals surface area (Å²) in [4.78, 5) is 20.5. The zero-order valence-corrected chi connectivity index (χ0v) is 19.5. The number of aromatic amines is 1. The molecule has 1 fully saturated rings. The molecule has 1 aliphatic rings. The van der Waals surface area contributed by atoms with Crippen molar-refractivity contribution in [1.82, 2.24) is 15.3 Å². The SMILES string of the molecule is CC(C)(C)c1ccc(-c2ccc(-c3nc4cc(/C=C5/SC(=S)NC5=O)ccc4[nH]3)o2)cc1. The van der Waals surface area contributed by atoms with Crippen molar-refractivity contribution in [2.45, 2.75) is 26.2 Å². The zero-order valence-electron chi connectivity index (χ0n) is 17.9. The van der Waals surface area contributed by atoms with Crippen molar-refractivity contribution in [3.63, 3.8) is 0 Å². The summed E-state index contributed by atoms with van der Waals surface area (Å²) in [6.45, 7) is 6.60. The van der Waals surface area contributed by atoms with Gasteiger partial charge in [0.25, 0.3) is 5.91 Å². The Morgan fingerprint density at radius 3 is 2.47 bits per heavy atom. The molecule has 2 aromatic carbocycles. The summed E-state index contributed by atoms with van der Waals surface area (Å²) in [5.74, 6) is 1.97. The molecule has 3 heterocycles. The molecule has 0 unspecified atom stereocenters. The van der Waals surface area contributed by atoms with Gasteiger partial charge in [-0.25, -0.2) is 4.98 Å². The van der Waals surface area contributed by atoms with Crippen LogP contribution in [0.3, 0.4) is 0 Å². The number of nitrogens with zero attached hydrogens (tertiary/aromatic N) is 1. The van der Waals surface area contributed by atoms with E-state index >= 15 is 0 Å². The maximum Gasteiger partial charge on any atom is 0.263 e. The first kappa shape index (κ1) is 20.7. The van der Waals surface area contributed by atoms with Gasteiger partial charge in [0.1, 0.15) is 10.1 Å². The van der Waals surface area contributed by atoms with Crippen LogP contribution in [0.25, 0.3) is 40.0 Å². The molecule has 1 saturated heterocycles. The van der Waals surface area contributed by atoms with E-state index in [0.717, 1.165) is 27.9 Å². The lowest BCUT2D eigenvalue weighted by molar-refractivity contribution is -0.115. The number of carbonyl (C=O) groups excluding carboxylic acids is 1. The summed E-state index contributed by atoms with van der Waals surface area (Å²) in [7, 11) is 0. The van der Waals surface area contributed by atoms with E-state index in [9.17, 15) is 4.79 Å². The lowest BCUT2D eigenvalue weighted by Gasteiger charge is -2.18. The van der Waals surface area contributed by atoms with E-state index in [-0.39, 0.29) is 11.3 Å². The molecule has 0 saturated carbocycles. The van der Waals surface area contributed by atoms with Gasteiger partial charge in [-0.2, -0.15) is 0 Å². The molecule has 1 aliphatic heterocycles. The molecule has 2 aromatic heterocycles. The van der Waals surface area contributed by atoms with E-state index in [4.69, 9.17) is 21.6 Å². The highest BCUT2D eigenvalue weighted by Gasteiger charge is 2.22. The highest BCUT2D eigenvalue weighted by Crippen LogP contribution is 2.31. The first-order valence-electron chi connectivity index (χ1n) is 10.2. The van der Waals surface area contributed by atoms with Gasteiger partial charge in [0.15, 0.2) is 11.6 Å². The summed E-state index contributed by atoms with van der Waals surface area (Å²) >= 11 is 6.31. The van der Waals surface area contributed by atoms with Crippen LogP contribution in [0.5, 0.6) is 0 Å². The minimum atomic E-state index is -0.165. The average molecular weight is 460 g/mol. The number of nitrogens with one attached hydrogen (secondary N) is 2. The van der Waals surface area contributed by atoms with E-state index in [1.165, 1.54) is 17.3 Å².